The molecule has 0 atom stereocenters. The minimum atomic E-state index is -4.40. The molecule has 0 radical (unpaired) electrons. The molecule has 0 bridgehead atoms. The normalized spacial score (nSPS) is 11.6. The highest BCUT2D eigenvalue weighted by atomic mass is 32.2. The first-order chi connectivity index (χ1) is 16.7. The van der Waals surface area contributed by atoms with Gasteiger partial charge in [-0.1, -0.05) is 12.1 Å². The first-order valence-electron chi connectivity index (χ1n) is 10.8. The molecule has 0 saturated heterocycles. The number of esters is 1. The van der Waals surface area contributed by atoms with Gasteiger partial charge in [-0.25, -0.2) is 9.78 Å². The molecule has 1 heterocycles. The van der Waals surface area contributed by atoms with E-state index >= 15 is 0 Å². The van der Waals surface area contributed by atoms with Gasteiger partial charge in [-0.15, -0.1) is 11.8 Å². The van der Waals surface area contributed by atoms with Crippen molar-refractivity contribution in [3.63, 3.8) is 0 Å². The lowest BCUT2D eigenvalue weighted by Crippen LogP contribution is -2.14. The van der Waals surface area contributed by atoms with Crippen LogP contribution in [-0.4, -0.2) is 24.2 Å². The van der Waals surface area contributed by atoms with Crippen LogP contribution in [-0.2, 0) is 21.5 Å². The van der Waals surface area contributed by atoms with Crippen molar-refractivity contribution in [1.82, 2.24) is 4.98 Å². The van der Waals surface area contributed by atoms with Crippen LogP contribution in [0.25, 0.3) is 22.6 Å². The number of ether oxygens (including phenoxy) is 2. The number of hydrogen-bond donors (Lipinski definition) is 0. The van der Waals surface area contributed by atoms with Crippen LogP contribution in [0.5, 0.6) is 5.75 Å². The fourth-order valence-electron chi connectivity index (χ4n) is 3.42. The number of thioether (sulfide) groups is 1. The molecule has 1 aromatic heterocycles. The number of aryl methyl sites for hydroxylation is 1. The molecule has 4 aromatic rings. The topological polar surface area (TPSA) is 61.6 Å². The van der Waals surface area contributed by atoms with E-state index in [0.717, 1.165) is 28.2 Å². The third kappa shape index (κ3) is 5.97. The minimum Gasteiger partial charge on any atom is -0.482 e. The van der Waals surface area contributed by atoms with Gasteiger partial charge >= 0.3 is 12.1 Å². The van der Waals surface area contributed by atoms with Crippen LogP contribution < -0.4 is 4.74 Å². The molecule has 0 amide bonds. The Bertz CT molecular complexity index is 1330. The Morgan fingerprint density at radius 1 is 1.09 bits per heavy atom. The Hall–Kier alpha value is -3.46. The Kier molecular flexibility index (Phi) is 7.35. The van der Waals surface area contributed by atoms with Gasteiger partial charge in [0.15, 0.2) is 12.2 Å². The summed E-state index contributed by atoms with van der Waals surface area (Å²) in [7, 11) is 0. The summed E-state index contributed by atoms with van der Waals surface area (Å²) in [4.78, 5) is 17.1. The number of nitrogens with zero attached hydrogens (tertiary/aromatic N) is 1. The summed E-state index contributed by atoms with van der Waals surface area (Å²) in [5.41, 5.74) is 2.82. The molecule has 4 rings (SSSR count). The van der Waals surface area contributed by atoms with Crippen LogP contribution in [0, 0.1) is 6.92 Å². The van der Waals surface area contributed by atoms with Gasteiger partial charge < -0.3 is 13.9 Å². The molecular weight excluding hydrogens is 479 g/mol. The summed E-state index contributed by atoms with van der Waals surface area (Å²) in [6.07, 6.45) is -4.40. The molecule has 0 aliphatic carbocycles. The lowest BCUT2D eigenvalue weighted by atomic mass is 10.1. The number of alkyl halides is 3. The van der Waals surface area contributed by atoms with Crippen molar-refractivity contribution >= 4 is 28.8 Å². The summed E-state index contributed by atoms with van der Waals surface area (Å²) in [6.45, 7) is 3.81. The highest BCUT2D eigenvalue weighted by Gasteiger charge is 2.30. The van der Waals surface area contributed by atoms with E-state index in [1.807, 2.05) is 37.3 Å². The maximum Gasteiger partial charge on any atom is 0.416 e. The van der Waals surface area contributed by atoms with Gasteiger partial charge in [-0.05, 0) is 73.5 Å². The van der Waals surface area contributed by atoms with E-state index in [4.69, 9.17) is 13.9 Å². The average molecular weight is 502 g/mol. The average Bonchev–Trinajstić information content (AvgIpc) is 3.27. The van der Waals surface area contributed by atoms with Crippen molar-refractivity contribution in [3.8, 4) is 17.2 Å². The first kappa shape index (κ1) is 24.7. The van der Waals surface area contributed by atoms with E-state index < -0.39 is 17.7 Å². The molecule has 0 N–H and O–H groups in total. The summed E-state index contributed by atoms with van der Waals surface area (Å²) in [5, 5.41) is 0. The highest BCUT2D eigenvalue weighted by Crippen LogP contribution is 2.34. The smallest absolute Gasteiger partial charge is 0.416 e. The van der Waals surface area contributed by atoms with Gasteiger partial charge in [0, 0.05) is 16.2 Å². The van der Waals surface area contributed by atoms with Gasteiger partial charge in [0.1, 0.15) is 11.3 Å². The molecule has 0 aliphatic rings. The molecule has 182 valence electrons. The number of aromatic nitrogens is 1. The number of rotatable bonds is 8. The second-order valence-corrected chi connectivity index (χ2v) is 8.72. The zero-order valence-corrected chi connectivity index (χ0v) is 19.8. The number of oxazole rings is 1. The van der Waals surface area contributed by atoms with Crippen LogP contribution in [0.1, 0.15) is 23.6 Å². The van der Waals surface area contributed by atoms with E-state index in [1.165, 1.54) is 12.1 Å². The van der Waals surface area contributed by atoms with Crippen LogP contribution in [0.2, 0.25) is 0 Å². The molecule has 0 aliphatic heterocycles. The molecular formula is C26H22F3NO4S. The molecule has 0 spiro atoms. The van der Waals surface area contributed by atoms with E-state index in [2.05, 4.69) is 4.98 Å². The van der Waals surface area contributed by atoms with Crippen molar-refractivity contribution in [2.45, 2.75) is 30.7 Å². The van der Waals surface area contributed by atoms with Crippen molar-refractivity contribution in [3.05, 3.63) is 77.4 Å². The number of para-hydroxylation sites is 1. The monoisotopic (exact) mass is 501 g/mol. The SMILES string of the molecule is CCOC(=O)COc1ccc(SCc2cccc3oc(-c4ccc(C(F)(F)F)cc4)nc23)cc1C. The first-order valence-corrected chi connectivity index (χ1v) is 11.8. The fraction of sp³-hybridized carbons (Fsp3) is 0.231. The van der Waals surface area contributed by atoms with Crippen molar-refractivity contribution in [2.75, 3.05) is 13.2 Å². The summed E-state index contributed by atoms with van der Waals surface area (Å²) < 4.78 is 54.8. The van der Waals surface area contributed by atoms with Crippen molar-refractivity contribution in [2.24, 2.45) is 0 Å². The molecule has 5 nitrogen and oxygen atoms in total. The summed E-state index contributed by atoms with van der Waals surface area (Å²) >= 11 is 1.60. The predicted octanol–water partition coefficient (Wildman–Crippen LogP) is 7.06. The number of carbonyl (C=O) groups excluding carboxylic acids is 1. The second-order valence-electron chi connectivity index (χ2n) is 7.67. The van der Waals surface area contributed by atoms with E-state index in [0.29, 0.717) is 34.8 Å². The highest BCUT2D eigenvalue weighted by molar-refractivity contribution is 7.98. The second kappa shape index (κ2) is 10.4. The molecule has 0 unspecified atom stereocenters. The van der Waals surface area contributed by atoms with Crippen molar-refractivity contribution < 1.29 is 31.9 Å². The Labute approximate surface area is 204 Å². The molecule has 35 heavy (non-hydrogen) atoms. The lowest BCUT2D eigenvalue weighted by molar-refractivity contribution is -0.145. The molecule has 0 fully saturated rings. The van der Waals surface area contributed by atoms with Crippen LogP contribution in [0.3, 0.4) is 0 Å². The van der Waals surface area contributed by atoms with Crippen LogP contribution in [0.15, 0.2) is 70.0 Å². The van der Waals surface area contributed by atoms with Gasteiger partial charge in [0.25, 0.3) is 0 Å². The van der Waals surface area contributed by atoms with E-state index in [9.17, 15) is 18.0 Å². The third-order valence-corrected chi connectivity index (χ3v) is 6.20. The van der Waals surface area contributed by atoms with Gasteiger partial charge in [0.2, 0.25) is 5.89 Å². The number of halogens is 3. The van der Waals surface area contributed by atoms with E-state index in [-0.39, 0.29) is 12.5 Å². The minimum absolute atomic E-state index is 0.142. The maximum atomic E-state index is 12.8. The van der Waals surface area contributed by atoms with Gasteiger partial charge in [0.05, 0.1) is 12.2 Å². The Balaban J connectivity index is 1.47. The van der Waals surface area contributed by atoms with Crippen LogP contribution in [0.4, 0.5) is 13.2 Å². The summed E-state index contributed by atoms with van der Waals surface area (Å²) in [5.74, 6) is 1.08. The third-order valence-electron chi connectivity index (χ3n) is 5.15. The van der Waals surface area contributed by atoms with Crippen LogP contribution >= 0.6 is 11.8 Å². The van der Waals surface area contributed by atoms with Crippen molar-refractivity contribution in [1.29, 1.82) is 0 Å². The fourth-order valence-corrected chi connectivity index (χ4v) is 4.40. The summed E-state index contributed by atoms with van der Waals surface area (Å²) in [6, 6.07) is 16.0. The zero-order valence-electron chi connectivity index (χ0n) is 19.0. The number of benzene rings is 3. The number of hydrogen-bond acceptors (Lipinski definition) is 6. The van der Waals surface area contributed by atoms with Gasteiger partial charge in [-0.2, -0.15) is 13.2 Å². The zero-order chi connectivity index (χ0) is 25.0. The Morgan fingerprint density at radius 2 is 1.86 bits per heavy atom. The lowest BCUT2D eigenvalue weighted by Gasteiger charge is -2.10. The standard InChI is InChI=1S/C26H22F3NO4S/c1-3-32-23(31)14-33-21-12-11-20(13-16(21)2)35-15-18-5-4-6-22-24(18)30-25(34-22)17-7-9-19(10-8-17)26(27,28)29/h4-13H,3,14-15H2,1-2H3. The molecule has 9 heteroatoms. The predicted molar refractivity (Wildman–Crippen MR) is 127 cm³/mol. The Morgan fingerprint density at radius 3 is 2.54 bits per heavy atom. The largest absolute Gasteiger partial charge is 0.482 e. The quantitative estimate of drug-likeness (QED) is 0.190. The number of fused-ring (bicyclic) bond motifs is 1. The molecule has 0 saturated carbocycles. The molecule has 3 aromatic carbocycles. The number of carbonyl (C=O) groups is 1. The van der Waals surface area contributed by atoms with Gasteiger partial charge in [-0.3, -0.25) is 0 Å². The maximum absolute atomic E-state index is 12.8. The van der Waals surface area contributed by atoms with E-state index in [1.54, 1.807) is 24.8 Å².